The number of nitrogens with two attached hydrogens (primary N) is 1. The molecule has 2 atom stereocenters. The number of nitrogens with zero attached hydrogens (tertiary/aromatic N) is 1. The van der Waals surface area contributed by atoms with E-state index < -0.39 is 5.54 Å². The van der Waals surface area contributed by atoms with Crippen LogP contribution in [-0.4, -0.2) is 41.5 Å². The quantitative estimate of drug-likeness (QED) is 0.763. The lowest BCUT2D eigenvalue weighted by atomic mass is 9.90. The molecule has 1 aromatic carbocycles. The number of anilines is 1. The van der Waals surface area contributed by atoms with E-state index in [1.54, 1.807) is 26.0 Å². The number of nitrogens with one attached hydrogen (secondary N) is 2. The number of carbonyl (C=O) groups is 2. The Labute approximate surface area is 155 Å². The molecule has 0 saturated carbocycles. The van der Waals surface area contributed by atoms with Gasteiger partial charge < -0.3 is 21.3 Å². The van der Waals surface area contributed by atoms with Gasteiger partial charge in [0.15, 0.2) is 0 Å². The van der Waals surface area contributed by atoms with E-state index in [-0.39, 0.29) is 30.4 Å². The van der Waals surface area contributed by atoms with Gasteiger partial charge in [-0.1, -0.05) is 18.2 Å². The Hall–Kier alpha value is -1.79. The normalized spacial score (nSPS) is 18.7. The van der Waals surface area contributed by atoms with E-state index in [9.17, 15) is 9.59 Å². The average Bonchev–Trinajstić information content (AvgIpc) is 2.54. The Morgan fingerprint density at radius 2 is 1.92 bits per heavy atom. The summed E-state index contributed by atoms with van der Waals surface area (Å²) in [4.78, 5) is 26.8. The highest BCUT2D eigenvalue weighted by Crippen LogP contribution is 2.21. The summed E-state index contributed by atoms with van der Waals surface area (Å²) < 4.78 is 0. The van der Waals surface area contributed by atoms with E-state index in [2.05, 4.69) is 10.6 Å². The number of para-hydroxylation sites is 1. The molecule has 2 rings (SSSR count). The molecule has 0 bridgehead atoms. The van der Waals surface area contributed by atoms with Crippen LogP contribution in [0.4, 0.5) is 10.5 Å². The molecular formula is C18H29ClN4O2. The number of carbonyl (C=O) groups excluding carboxylic acids is 2. The van der Waals surface area contributed by atoms with Crippen LogP contribution in [0.25, 0.3) is 0 Å². The van der Waals surface area contributed by atoms with Crippen LogP contribution in [0.5, 0.6) is 0 Å². The largest absolute Gasteiger partial charge is 0.340 e. The molecule has 3 amide bonds. The first kappa shape index (κ1) is 21.3. The molecule has 2 unspecified atom stereocenters. The molecule has 1 aliphatic heterocycles. The molecule has 1 aromatic rings. The number of piperidine rings is 1. The third-order valence-corrected chi connectivity index (χ3v) is 4.48. The highest BCUT2D eigenvalue weighted by Gasteiger charge is 2.36. The Bertz CT molecular complexity index is 578. The SMILES string of the molecule is CC(N)C1CCCN(C(=O)C(C)(C)NC(=O)Nc2ccccc2)C1.Cl. The molecule has 1 fully saturated rings. The van der Waals surface area contributed by atoms with E-state index in [0.717, 1.165) is 12.8 Å². The number of benzene rings is 1. The molecular weight excluding hydrogens is 340 g/mol. The van der Waals surface area contributed by atoms with Crippen LogP contribution in [0.3, 0.4) is 0 Å². The van der Waals surface area contributed by atoms with E-state index in [4.69, 9.17) is 5.73 Å². The summed E-state index contributed by atoms with van der Waals surface area (Å²) in [5.41, 5.74) is 5.70. The number of urea groups is 1. The van der Waals surface area contributed by atoms with Crippen molar-refractivity contribution in [3.05, 3.63) is 30.3 Å². The Balaban J connectivity index is 0.00000312. The van der Waals surface area contributed by atoms with Gasteiger partial charge in [-0.2, -0.15) is 0 Å². The predicted molar refractivity (Wildman–Crippen MR) is 103 cm³/mol. The molecule has 0 aromatic heterocycles. The average molecular weight is 369 g/mol. The van der Waals surface area contributed by atoms with Gasteiger partial charge in [0.05, 0.1) is 0 Å². The fourth-order valence-electron chi connectivity index (χ4n) is 3.04. The maximum atomic E-state index is 12.8. The molecule has 1 heterocycles. The van der Waals surface area contributed by atoms with E-state index >= 15 is 0 Å². The number of rotatable bonds is 4. The molecule has 140 valence electrons. The second-order valence-corrected chi connectivity index (χ2v) is 7.08. The van der Waals surface area contributed by atoms with Crippen molar-refractivity contribution in [1.82, 2.24) is 10.2 Å². The Morgan fingerprint density at radius 1 is 1.28 bits per heavy atom. The van der Waals surface area contributed by atoms with Crippen molar-refractivity contribution in [2.45, 2.75) is 45.2 Å². The second-order valence-electron chi connectivity index (χ2n) is 7.08. The topological polar surface area (TPSA) is 87.5 Å². The van der Waals surface area contributed by atoms with Gasteiger partial charge >= 0.3 is 6.03 Å². The van der Waals surface area contributed by atoms with E-state index in [1.165, 1.54) is 0 Å². The molecule has 0 spiro atoms. The summed E-state index contributed by atoms with van der Waals surface area (Å²) in [5.74, 6) is 0.243. The Morgan fingerprint density at radius 3 is 2.52 bits per heavy atom. The lowest BCUT2D eigenvalue weighted by Crippen LogP contribution is -2.59. The zero-order valence-corrected chi connectivity index (χ0v) is 15.9. The summed E-state index contributed by atoms with van der Waals surface area (Å²) in [5, 5.41) is 5.52. The summed E-state index contributed by atoms with van der Waals surface area (Å²) in [6.45, 7) is 6.81. The van der Waals surface area contributed by atoms with Crippen LogP contribution < -0.4 is 16.4 Å². The van der Waals surface area contributed by atoms with Crippen LogP contribution in [0, 0.1) is 5.92 Å². The Kier molecular flexibility index (Phi) is 7.70. The number of likely N-dealkylation sites (tertiary alicyclic amines) is 1. The van der Waals surface area contributed by atoms with Gasteiger partial charge in [-0.15, -0.1) is 12.4 Å². The van der Waals surface area contributed by atoms with Gasteiger partial charge in [0, 0.05) is 24.8 Å². The molecule has 1 saturated heterocycles. The predicted octanol–water partition coefficient (Wildman–Crippen LogP) is 2.59. The lowest BCUT2D eigenvalue weighted by Gasteiger charge is -2.39. The number of halogens is 1. The fourth-order valence-corrected chi connectivity index (χ4v) is 3.04. The standard InChI is InChI=1S/C18H28N4O2.ClH/c1-13(19)14-8-7-11-22(12-14)16(23)18(2,3)21-17(24)20-15-9-5-4-6-10-15;/h4-6,9-10,13-14H,7-8,11-12,19H2,1-3H3,(H2,20,21,24);1H. The molecule has 25 heavy (non-hydrogen) atoms. The van der Waals surface area contributed by atoms with Gasteiger partial charge in [0.1, 0.15) is 5.54 Å². The first-order valence-corrected chi connectivity index (χ1v) is 8.49. The van der Waals surface area contributed by atoms with Crippen molar-refractivity contribution in [3.8, 4) is 0 Å². The molecule has 1 aliphatic rings. The van der Waals surface area contributed by atoms with Crippen molar-refractivity contribution in [1.29, 1.82) is 0 Å². The third kappa shape index (κ3) is 5.90. The first-order chi connectivity index (χ1) is 11.3. The minimum absolute atomic E-state index is 0. The van der Waals surface area contributed by atoms with Crippen molar-refractivity contribution in [3.63, 3.8) is 0 Å². The fraction of sp³-hybridized carbons (Fsp3) is 0.556. The summed E-state index contributed by atoms with van der Waals surface area (Å²) in [6.07, 6.45) is 1.99. The van der Waals surface area contributed by atoms with E-state index in [0.29, 0.717) is 24.7 Å². The minimum Gasteiger partial charge on any atom is -0.340 e. The maximum absolute atomic E-state index is 12.8. The summed E-state index contributed by atoms with van der Waals surface area (Å²) in [6, 6.07) is 8.83. The van der Waals surface area contributed by atoms with Gasteiger partial charge in [0.25, 0.3) is 0 Å². The number of hydrogen-bond donors (Lipinski definition) is 3. The smallest absolute Gasteiger partial charge is 0.320 e. The number of amides is 3. The highest BCUT2D eigenvalue weighted by atomic mass is 35.5. The van der Waals surface area contributed by atoms with Crippen molar-refractivity contribution >= 4 is 30.0 Å². The van der Waals surface area contributed by atoms with Crippen LogP contribution in [0.15, 0.2) is 30.3 Å². The van der Waals surface area contributed by atoms with E-state index in [1.807, 2.05) is 30.0 Å². The molecule has 4 N–H and O–H groups in total. The van der Waals surface area contributed by atoms with Crippen molar-refractivity contribution in [2.75, 3.05) is 18.4 Å². The van der Waals surface area contributed by atoms with Crippen LogP contribution in [0.2, 0.25) is 0 Å². The van der Waals surface area contributed by atoms with Crippen molar-refractivity contribution in [2.24, 2.45) is 11.7 Å². The molecule has 6 nitrogen and oxygen atoms in total. The molecule has 7 heteroatoms. The highest BCUT2D eigenvalue weighted by molar-refractivity contribution is 5.95. The minimum atomic E-state index is -0.974. The van der Waals surface area contributed by atoms with Gasteiger partial charge in [-0.3, -0.25) is 4.79 Å². The third-order valence-electron chi connectivity index (χ3n) is 4.48. The number of hydrogen-bond acceptors (Lipinski definition) is 3. The van der Waals surface area contributed by atoms with Crippen molar-refractivity contribution < 1.29 is 9.59 Å². The van der Waals surface area contributed by atoms with Crippen LogP contribution in [0.1, 0.15) is 33.6 Å². The molecule has 0 radical (unpaired) electrons. The maximum Gasteiger partial charge on any atom is 0.320 e. The van der Waals surface area contributed by atoms with Gasteiger partial charge in [0.2, 0.25) is 5.91 Å². The zero-order chi connectivity index (χ0) is 17.7. The summed E-state index contributed by atoms with van der Waals surface area (Å²) >= 11 is 0. The molecule has 0 aliphatic carbocycles. The monoisotopic (exact) mass is 368 g/mol. The van der Waals surface area contributed by atoms with Gasteiger partial charge in [-0.25, -0.2) is 4.79 Å². The van der Waals surface area contributed by atoms with Gasteiger partial charge in [-0.05, 0) is 51.7 Å². The van der Waals surface area contributed by atoms with Crippen LogP contribution >= 0.6 is 12.4 Å². The lowest BCUT2D eigenvalue weighted by molar-refractivity contribution is -0.138. The van der Waals surface area contributed by atoms with Crippen LogP contribution in [-0.2, 0) is 4.79 Å². The first-order valence-electron chi connectivity index (χ1n) is 8.49. The second kappa shape index (κ2) is 9.06. The summed E-state index contributed by atoms with van der Waals surface area (Å²) in [7, 11) is 0. The zero-order valence-electron chi connectivity index (χ0n) is 15.1.